The summed E-state index contributed by atoms with van der Waals surface area (Å²) in [6.07, 6.45) is 2.84. The molecule has 25 heavy (non-hydrogen) atoms. The number of nitrogens with one attached hydrogen (secondary N) is 2. The molecule has 2 atom stereocenters. The molecule has 1 rings (SSSR count). The molecule has 3 amide bonds. The fourth-order valence-electron chi connectivity index (χ4n) is 1.86. The highest BCUT2D eigenvalue weighted by atomic mass is 16.5. The summed E-state index contributed by atoms with van der Waals surface area (Å²) in [4.78, 5) is 34.3. The van der Waals surface area contributed by atoms with E-state index in [9.17, 15) is 19.5 Å². The van der Waals surface area contributed by atoms with Crippen LogP contribution in [0.5, 0.6) is 0 Å². The number of benzene rings is 1. The largest absolute Gasteiger partial charge is 0.445 e. The Balaban J connectivity index is 2.28. The van der Waals surface area contributed by atoms with Crippen molar-refractivity contribution in [3.05, 3.63) is 35.9 Å². The Morgan fingerprint density at radius 2 is 1.96 bits per heavy atom. The highest BCUT2D eigenvalue weighted by molar-refractivity contribution is 5.87. The van der Waals surface area contributed by atoms with Crippen molar-refractivity contribution in [2.45, 2.75) is 31.6 Å². The summed E-state index contributed by atoms with van der Waals surface area (Å²) in [6, 6.07) is 8.10. The van der Waals surface area contributed by atoms with Gasteiger partial charge in [0.25, 0.3) is 0 Å². The molecule has 0 spiro atoms. The molecule has 5 N–H and O–H groups in total. The van der Waals surface area contributed by atoms with Crippen LogP contribution in [0.3, 0.4) is 0 Å². The van der Waals surface area contributed by atoms with E-state index in [0.29, 0.717) is 0 Å². The molecule has 0 saturated carbocycles. The van der Waals surface area contributed by atoms with Gasteiger partial charge in [-0.3, -0.25) is 9.59 Å². The molecule has 8 nitrogen and oxygen atoms in total. The number of terminal acetylenes is 1. The van der Waals surface area contributed by atoms with Gasteiger partial charge in [-0.1, -0.05) is 30.3 Å². The van der Waals surface area contributed by atoms with Crippen LogP contribution in [0.25, 0.3) is 0 Å². The van der Waals surface area contributed by atoms with E-state index in [1.165, 1.54) is 0 Å². The number of aliphatic hydroxyl groups is 1. The number of rotatable bonds is 9. The van der Waals surface area contributed by atoms with E-state index >= 15 is 0 Å². The Morgan fingerprint density at radius 3 is 2.56 bits per heavy atom. The molecule has 0 radical (unpaired) electrons. The van der Waals surface area contributed by atoms with Gasteiger partial charge in [-0.05, 0) is 5.56 Å². The van der Waals surface area contributed by atoms with Crippen molar-refractivity contribution in [1.82, 2.24) is 10.6 Å². The van der Waals surface area contributed by atoms with E-state index in [0.717, 1.165) is 5.56 Å². The summed E-state index contributed by atoms with van der Waals surface area (Å²) >= 11 is 0. The number of alkyl carbamates (subject to hydrolysis) is 1. The zero-order valence-corrected chi connectivity index (χ0v) is 13.6. The predicted molar refractivity (Wildman–Crippen MR) is 89.8 cm³/mol. The number of primary amides is 1. The van der Waals surface area contributed by atoms with Gasteiger partial charge in [0.05, 0.1) is 12.5 Å². The number of hydrogen-bond acceptors (Lipinski definition) is 5. The number of hydrogen-bond donors (Lipinski definition) is 4. The van der Waals surface area contributed by atoms with E-state index in [4.69, 9.17) is 16.9 Å². The van der Waals surface area contributed by atoms with Gasteiger partial charge in [-0.25, -0.2) is 4.79 Å². The van der Waals surface area contributed by atoms with Gasteiger partial charge in [0.2, 0.25) is 11.8 Å². The average Bonchev–Trinajstić information content (AvgIpc) is 2.58. The summed E-state index contributed by atoms with van der Waals surface area (Å²) in [7, 11) is 0. The first-order valence-electron chi connectivity index (χ1n) is 7.57. The quantitative estimate of drug-likeness (QED) is 0.454. The second-order valence-electron chi connectivity index (χ2n) is 5.23. The van der Waals surface area contributed by atoms with Gasteiger partial charge in [-0.2, -0.15) is 0 Å². The van der Waals surface area contributed by atoms with Crippen LogP contribution in [0, 0.1) is 12.3 Å². The summed E-state index contributed by atoms with van der Waals surface area (Å²) in [5.74, 6) is 0.858. The fraction of sp³-hybridized carbons (Fsp3) is 0.353. The first kappa shape index (κ1) is 20.0. The van der Waals surface area contributed by atoms with Crippen LogP contribution < -0.4 is 16.4 Å². The smallest absolute Gasteiger partial charge is 0.407 e. The number of carbonyl (C=O) groups is 3. The topological polar surface area (TPSA) is 131 Å². The Labute approximate surface area is 145 Å². The number of amides is 3. The highest BCUT2D eigenvalue weighted by Crippen LogP contribution is 2.00. The lowest BCUT2D eigenvalue weighted by Gasteiger charge is -2.15. The molecular formula is C17H21N3O5. The maximum absolute atomic E-state index is 11.7. The lowest BCUT2D eigenvalue weighted by molar-refractivity contribution is -0.128. The molecule has 0 aliphatic carbocycles. The molecule has 0 aliphatic heterocycles. The minimum absolute atomic E-state index is 0.0404. The second kappa shape index (κ2) is 10.7. The number of carbonyl (C=O) groups excluding carboxylic acids is 3. The SMILES string of the molecule is C#CC[C@H](NC(=O)C[C@H](O)CNC(=O)OCc1ccccc1)C(N)=O. The molecule has 1 aromatic rings. The molecule has 0 aliphatic rings. The number of ether oxygens (including phenoxy) is 1. The molecule has 0 unspecified atom stereocenters. The van der Waals surface area contributed by atoms with Crippen molar-refractivity contribution in [3.63, 3.8) is 0 Å². The van der Waals surface area contributed by atoms with Gasteiger partial charge < -0.3 is 26.2 Å². The third-order valence-corrected chi connectivity index (χ3v) is 3.12. The zero-order valence-electron chi connectivity index (χ0n) is 13.6. The molecule has 1 aromatic carbocycles. The summed E-state index contributed by atoms with van der Waals surface area (Å²) in [6.45, 7) is -0.0902. The van der Waals surface area contributed by atoms with Crippen LogP contribution >= 0.6 is 0 Å². The fourth-order valence-corrected chi connectivity index (χ4v) is 1.86. The van der Waals surface area contributed by atoms with Crippen LogP contribution in [0.4, 0.5) is 4.79 Å². The average molecular weight is 347 g/mol. The summed E-state index contributed by atoms with van der Waals surface area (Å²) < 4.78 is 4.97. The van der Waals surface area contributed by atoms with Crippen molar-refractivity contribution in [3.8, 4) is 12.3 Å². The van der Waals surface area contributed by atoms with Crippen LogP contribution in [0.1, 0.15) is 18.4 Å². The Morgan fingerprint density at radius 1 is 1.28 bits per heavy atom. The van der Waals surface area contributed by atoms with Crippen molar-refractivity contribution in [2.24, 2.45) is 5.73 Å². The lowest BCUT2D eigenvalue weighted by atomic mass is 10.1. The first-order chi connectivity index (χ1) is 11.9. The van der Waals surface area contributed by atoms with Crippen molar-refractivity contribution in [2.75, 3.05) is 6.54 Å². The molecular weight excluding hydrogens is 326 g/mol. The number of nitrogens with two attached hydrogens (primary N) is 1. The molecule has 0 aromatic heterocycles. The lowest BCUT2D eigenvalue weighted by Crippen LogP contribution is -2.45. The number of aliphatic hydroxyl groups excluding tert-OH is 1. The van der Waals surface area contributed by atoms with Gasteiger partial charge in [0, 0.05) is 13.0 Å². The van der Waals surface area contributed by atoms with E-state index in [2.05, 4.69) is 16.6 Å². The van der Waals surface area contributed by atoms with Crippen LogP contribution in [-0.4, -0.2) is 41.7 Å². The van der Waals surface area contributed by atoms with Gasteiger partial charge in [-0.15, -0.1) is 12.3 Å². The Hall–Kier alpha value is -3.05. The van der Waals surface area contributed by atoms with Crippen molar-refractivity contribution >= 4 is 17.9 Å². The zero-order chi connectivity index (χ0) is 18.7. The first-order valence-corrected chi connectivity index (χ1v) is 7.57. The van der Waals surface area contributed by atoms with Gasteiger partial charge in [0.15, 0.2) is 0 Å². The molecule has 134 valence electrons. The molecule has 8 heteroatoms. The van der Waals surface area contributed by atoms with Crippen LogP contribution in [-0.2, 0) is 20.9 Å². The Bertz CT molecular complexity index is 627. The van der Waals surface area contributed by atoms with Crippen LogP contribution in [0.2, 0.25) is 0 Å². The highest BCUT2D eigenvalue weighted by Gasteiger charge is 2.19. The molecule has 0 heterocycles. The standard InChI is InChI=1S/C17H21N3O5/c1-2-6-14(16(18)23)20-15(22)9-13(21)10-19-17(24)25-11-12-7-4-3-5-8-12/h1,3-5,7-8,13-14,21H,6,9-11H2,(H2,18,23)(H,19,24)(H,20,22)/t13-,14-/m0/s1. The van der Waals surface area contributed by atoms with Gasteiger partial charge >= 0.3 is 6.09 Å². The monoisotopic (exact) mass is 347 g/mol. The predicted octanol–water partition coefficient (Wildman–Crippen LogP) is -0.343. The normalized spacial score (nSPS) is 12.3. The minimum Gasteiger partial charge on any atom is -0.445 e. The van der Waals surface area contributed by atoms with Crippen molar-refractivity contribution < 1.29 is 24.2 Å². The maximum Gasteiger partial charge on any atom is 0.407 e. The maximum atomic E-state index is 11.7. The molecule has 0 bridgehead atoms. The second-order valence-corrected chi connectivity index (χ2v) is 5.23. The van der Waals surface area contributed by atoms with E-state index < -0.39 is 30.1 Å². The van der Waals surface area contributed by atoms with Gasteiger partial charge in [0.1, 0.15) is 12.6 Å². The summed E-state index contributed by atoms with van der Waals surface area (Å²) in [5, 5.41) is 14.4. The Kier molecular flexibility index (Phi) is 8.54. The molecule has 0 saturated heterocycles. The third-order valence-electron chi connectivity index (χ3n) is 3.12. The van der Waals surface area contributed by atoms with Crippen LogP contribution in [0.15, 0.2) is 30.3 Å². The van der Waals surface area contributed by atoms with E-state index in [1.54, 1.807) is 12.1 Å². The minimum atomic E-state index is -1.15. The molecule has 0 fully saturated rings. The summed E-state index contributed by atoms with van der Waals surface area (Å²) in [5.41, 5.74) is 5.92. The van der Waals surface area contributed by atoms with E-state index in [1.807, 2.05) is 18.2 Å². The van der Waals surface area contributed by atoms with Crippen molar-refractivity contribution in [1.29, 1.82) is 0 Å². The van der Waals surface area contributed by atoms with E-state index in [-0.39, 0.29) is 26.0 Å². The third kappa shape index (κ3) is 8.39.